The molecule has 0 spiro atoms. The zero-order valence-corrected chi connectivity index (χ0v) is 11.1. The number of nitrogens with one attached hydrogen (secondary N) is 1. The van der Waals surface area contributed by atoms with E-state index in [1.165, 1.54) is 4.68 Å². The molecule has 1 fully saturated rings. The number of nitrogens with zero attached hydrogens (tertiary/aromatic N) is 3. The van der Waals surface area contributed by atoms with Crippen LogP contribution in [-0.2, 0) is 16.0 Å². The van der Waals surface area contributed by atoms with Crippen molar-refractivity contribution in [1.29, 1.82) is 0 Å². The average Bonchev–Trinajstić information content (AvgIpc) is 2.93. The van der Waals surface area contributed by atoms with Crippen LogP contribution in [-0.4, -0.2) is 52.5 Å². The van der Waals surface area contributed by atoms with Crippen LogP contribution in [0.2, 0.25) is 0 Å². The number of amides is 1. The lowest BCUT2D eigenvalue weighted by atomic mass is 10.3. The second-order valence-corrected chi connectivity index (χ2v) is 4.82. The third kappa shape index (κ3) is 3.72. The normalized spacial score (nSPS) is 21.5. The molecule has 1 amide bonds. The van der Waals surface area contributed by atoms with Gasteiger partial charge in [0.2, 0.25) is 0 Å². The van der Waals surface area contributed by atoms with Crippen LogP contribution >= 0.6 is 0 Å². The van der Waals surface area contributed by atoms with Gasteiger partial charge in [-0.15, -0.1) is 5.10 Å². The third-order valence-electron chi connectivity index (χ3n) is 2.69. The van der Waals surface area contributed by atoms with E-state index in [4.69, 9.17) is 15.2 Å². The zero-order valence-electron chi connectivity index (χ0n) is 11.1. The molecule has 106 valence electrons. The number of hydrogen-bond donors (Lipinski definition) is 2. The Kier molecular flexibility index (Phi) is 4.13. The first-order valence-corrected chi connectivity index (χ1v) is 6.20. The van der Waals surface area contributed by atoms with Crippen molar-refractivity contribution in [2.24, 2.45) is 5.73 Å². The van der Waals surface area contributed by atoms with Crippen molar-refractivity contribution in [1.82, 2.24) is 20.3 Å². The van der Waals surface area contributed by atoms with Crippen molar-refractivity contribution in [2.45, 2.75) is 32.3 Å². The van der Waals surface area contributed by atoms with Crippen LogP contribution in [0.5, 0.6) is 0 Å². The van der Waals surface area contributed by atoms with E-state index < -0.39 is 5.79 Å². The van der Waals surface area contributed by atoms with Gasteiger partial charge in [-0.3, -0.25) is 9.48 Å². The third-order valence-corrected chi connectivity index (χ3v) is 2.69. The number of hydrogen-bond acceptors (Lipinski definition) is 6. The molecule has 2 rings (SSSR count). The Morgan fingerprint density at radius 3 is 3.11 bits per heavy atom. The van der Waals surface area contributed by atoms with E-state index in [-0.39, 0.29) is 17.7 Å². The molecule has 1 atom stereocenters. The highest BCUT2D eigenvalue weighted by Gasteiger charge is 2.32. The van der Waals surface area contributed by atoms with E-state index in [1.54, 1.807) is 6.20 Å². The molecule has 0 aliphatic carbocycles. The predicted molar refractivity (Wildman–Crippen MR) is 66.3 cm³/mol. The predicted octanol–water partition coefficient (Wildman–Crippen LogP) is -0.882. The van der Waals surface area contributed by atoms with Crippen LogP contribution in [0.25, 0.3) is 0 Å². The second-order valence-electron chi connectivity index (χ2n) is 4.82. The minimum absolute atomic E-state index is 0.141. The monoisotopic (exact) mass is 269 g/mol. The van der Waals surface area contributed by atoms with Crippen molar-refractivity contribution in [3.63, 3.8) is 0 Å². The average molecular weight is 269 g/mol. The summed E-state index contributed by atoms with van der Waals surface area (Å²) in [6.45, 7) is 5.51. The molecule has 1 aromatic rings. The summed E-state index contributed by atoms with van der Waals surface area (Å²) >= 11 is 0. The summed E-state index contributed by atoms with van der Waals surface area (Å²) in [5.74, 6) is -0.865. The van der Waals surface area contributed by atoms with Crippen molar-refractivity contribution in [3.8, 4) is 0 Å². The maximum atomic E-state index is 11.8. The van der Waals surface area contributed by atoms with Gasteiger partial charge < -0.3 is 20.5 Å². The molecule has 0 aromatic carbocycles. The summed E-state index contributed by atoms with van der Waals surface area (Å²) in [5, 5.41) is 10.3. The molecule has 1 aromatic heterocycles. The Morgan fingerprint density at radius 2 is 2.47 bits per heavy atom. The largest absolute Gasteiger partial charge is 0.348 e. The number of aromatic nitrogens is 3. The molecular weight excluding hydrogens is 250 g/mol. The molecule has 0 radical (unpaired) electrons. The van der Waals surface area contributed by atoms with Crippen molar-refractivity contribution < 1.29 is 14.3 Å². The molecule has 8 heteroatoms. The first-order valence-electron chi connectivity index (χ1n) is 6.20. The van der Waals surface area contributed by atoms with Crippen molar-refractivity contribution in [3.05, 3.63) is 11.9 Å². The standard InChI is InChI=1S/C11H19N5O3/c1-11(2)18-7-8(19-11)5-13-10(17)9-6-16(4-3-12)15-14-9/h6,8H,3-5,7,12H2,1-2H3,(H,13,17). The topological polar surface area (TPSA) is 104 Å². The molecule has 0 saturated carbocycles. The highest BCUT2D eigenvalue weighted by atomic mass is 16.7. The molecule has 2 heterocycles. The number of ether oxygens (including phenoxy) is 2. The number of nitrogens with two attached hydrogens (primary N) is 1. The van der Waals surface area contributed by atoms with Gasteiger partial charge >= 0.3 is 0 Å². The van der Waals surface area contributed by atoms with E-state index in [0.717, 1.165) is 0 Å². The van der Waals surface area contributed by atoms with Crippen LogP contribution in [0, 0.1) is 0 Å². The Hall–Kier alpha value is -1.51. The SMILES string of the molecule is CC1(C)OCC(CNC(=O)c2cn(CCN)nn2)O1. The van der Waals surface area contributed by atoms with Gasteiger partial charge in [-0.2, -0.15) is 0 Å². The van der Waals surface area contributed by atoms with Crippen LogP contribution in [0.15, 0.2) is 6.20 Å². The molecule has 19 heavy (non-hydrogen) atoms. The molecule has 1 aliphatic rings. The van der Waals surface area contributed by atoms with Gasteiger partial charge in [-0.1, -0.05) is 5.21 Å². The lowest BCUT2D eigenvalue weighted by molar-refractivity contribution is -0.137. The number of carbonyl (C=O) groups is 1. The lowest BCUT2D eigenvalue weighted by Crippen LogP contribution is -2.34. The smallest absolute Gasteiger partial charge is 0.273 e. The molecule has 1 saturated heterocycles. The van der Waals surface area contributed by atoms with Crippen molar-refractivity contribution >= 4 is 5.91 Å². The van der Waals surface area contributed by atoms with Crippen molar-refractivity contribution in [2.75, 3.05) is 19.7 Å². The molecule has 8 nitrogen and oxygen atoms in total. The minimum Gasteiger partial charge on any atom is -0.348 e. The van der Waals surface area contributed by atoms with E-state index in [9.17, 15) is 4.79 Å². The maximum Gasteiger partial charge on any atom is 0.273 e. The highest BCUT2D eigenvalue weighted by molar-refractivity contribution is 5.91. The van der Waals surface area contributed by atoms with E-state index in [1.807, 2.05) is 13.8 Å². The Morgan fingerprint density at radius 1 is 1.68 bits per heavy atom. The second kappa shape index (κ2) is 5.64. The minimum atomic E-state index is -0.584. The summed E-state index contributed by atoms with van der Waals surface area (Å²) in [6, 6.07) is 0. The zero-order chi connectivity index (χ0) is 13.9. The van der Waals surface area contributed by atoms with Gasteiger partial charge in [0.05, 0.1) is 19.3 Å². The van der Waals surface area contributed by atoms with Gasteiger partial charge in [0.1, 0.15) is 6.10 Å². The first kappa shape index (κ1) is 13.9. The van der Waals surface area contributed by atoms with Crippen LogP contribution < -0.4 is 11.1 Å². The highest BCUT2D eigenvalue weighted by Crippen LogP contribution is 2.21. The Balaban J connectivity index is 1.81. The van der Waals surface area contributed by atoms with E-state index >= 15 is 0 Å². The number of carbonyl (C=O) groups excluding carboxylic acids is 1. The van der Waals surface area contributed by atoms with Gasteiger partial charge in [0.25, 0.3) is 5.91 Å². The summed E-state index contributed by atoms with van der Waals surface area (Å²) in [5.41, 5.74) is 5.66. The van der Waals surface area contributed by atoms with E-state index in [0.29, 0.717) is 26.2 Å². The summed E-state index contributed by atoms with van der Waals surface area (Å²) in [6.07, 6.45) is 1.43. The fourth-order valence-electron chi connectivity index (χ4n) is 1.80. The molecule has 1 aliphatic heterocycles. The van der Waals surface area contributed by atoms with Gasteiger partial charge in [-0.05, 0) is 13.8 Å². The fraction of sp³-hybridized carbons (Fsp3) is 0.727. The van der Waals surface area contributed by atoms with Gasteiger partial charge in [0, 0.05) is 13.1 Å². The first-order chi connectivity index (χ1) is 9.00. The van der Waals surface area contributed by atoms with Crippen LogP contribution in [0.4, 0.5) is 0 Å². The fourth-order valence-corrected chi connectivity index (χ4v) is 1.80. The summed E-state index contributed by atoms with van der Waals surface area (Å²) in [7, 11) is 0. The number of rotatable bonds is 5. The maximum absolute atomic E-state index is 11.8. The summed E-state index contributed by atoms with van der Waals surface area (Å²) < 4.78 is 12.5. The molecule has 3 N–H and O–H groups in total. The Bertz CT molecular complexity index is 445. The quantitative estimate of drug-likeness (QED) is 0.719. The van der Waals surface area contributed by atoms with Crippen LogP contribution in [0.3, 0.4) is 0 Å². The van der Waals surface area contributed by atoms with E-state index in [2.05, 4.69) is 15.6 Å². The Labute approximate surface area is 111 Å². The lowest BCUT2D eigenvalue weighted by Gasteiger charge is -2.17. The van der Waals surface area contributed by atoms with Gasteiger partial charge in [0.15, 0.2) is 11.5 Å². The van der Waals surface area contributed by atoms with Gasteiger partial charge in [-0.25, -0.2) is 0 Å². The molecular formula is C11H19N5O3. The molecule has 1 unspecified atom stereocenters. The molecule has 0 bridgehead atoms. The van der Waals surface area contributed by atoms with Crippen LogP contribution in [0.1, 0.15) is 24.3 Å². The summed E-state index contributed by atoms with van der Waals surface area (Å²) in [4.78, 5) is 11.8.